The number of hydrogen-bond acceptors (Lipinski definition) is 4. The molecular weight excluding hydrogens is 352 g/mol. The van der Waals surface area contributed by atoms with E-state index >= 15 is 0 Å². The van der Waals surface area contributed by atoms with E-state index in [-0.39, 0.29) is 5.97 Å². The Morgan fingerprint density at radius 1 is 0.821 bits per heavy atom. The molecule has 0 heterocycles. The normalized spacial score (nSPS) is 11.8. The molecule has 1 aromatic carbocycles. The summed E-state index contributed by atoms with van der Waals surface area (Å²) in [5, 5.41) is 0. The Bertz CT molecular complexity index is 567. The number of benzene rings is 1. The van der Waals surface area contributed by atoms with E-state index in [1.54, 1.807) is 24.3 Å². The highest BCUT2D eigenvalue weighted by Gasteiger charge is 2.13. The topological polar surface area (TPSA) is 52.6 Å². The Hall–Kier alpha value is -1.84. The molecule has 0 radical (unpaired) electrons. The molecule has 0 aliphatic carbocycles. The lowest BCUT2D eigenvalue weighted by atomic mass is 10.1. The number of ether oxygens (including phenoxy) is 2. The first-order valence-electron chi connectivity index (χ1n) is 11.0. The van der Waals surface area contributed by atoms with Gasteiger partial charge in [-0.2, -0.15) is 0 Å². The number of unbranched alkanes of at least 4 members (excludes halogenated alkanes) is 8. The maximum Gasteiger partial charge on any atom is 0.338 e. The second-order valence-electron chi connectivity index (χ2n) is 7.66. The van der Waals surface area contributed by atoms with Crippen LogP contribution in [0.1, 0.15) is 106 Å². The highest BCUT2D eigenvalue weighted by molar-refractivity contribution is 5.95. The Morgan fingerprint density at radius 3 is 1.93 bits per heavy atom. The van der Waals surface area contributed by atoms with Crippen LogP contribution in [0.15, 0.2) is 24.3 Å². The Balaban J connectivity index is 2.25. The number of carbonyl (C=O) groups excluding carboxylic acids is 2. The van der Waals surface area contributed by atoms with Gasteiger partial charge in [0.2, 0.25) is 0 Å². The van der Waals surface area contributed by atoms with Crippen molar-refractivity contribution in [1.82, 2.24) is 0 Å². The highest BCUT2D eigenvalue weighted by Crippen LogP contribution is 2.12. The molecular formula is C24H38O4. The van der Waals surface area contributed by atoms with Gasteiger partial charge in [-0.05, 0) is 30.5 Å². The number of esters is 2. The first-order valence-corrected chi connectivity index (χ1v) is 11.0. The van der Waals surface area contributed by atoms with Gasteiger partial charge in [0, 0.05) is 0 Å². The second-order valence-corrected chi connectivity index (χ2v) is 7.66. The van der Waals surface area contributed by atoms with Gasteiger partial charge in [0.1, 0.15) is 0 Å². The van der Waals surface area contributed by atoms with Crippen LogP contribution in [-0.2, 0) is 9.47 Å². The van der Waals surface area contributed by atoms with Crippen LogP contribution in [-0.4, -0.2) is 25.2 Å². The molecule has 4 nitrogen and oxygen atoms in total. The summed E-state index contributed by atoms with van der Waals surface area (Å²) >= 11 is 0. The van der Waals surface area contributed by atoms with Crippen molar-refractivity contribution < 1.29 is 19.1 Å². The first kappa shape index (κ1) is 24.2. The van der Waals surface area contributed by atoms with E-state index in [1.165, 1.54) is 44.9 Å². The molecule has 4 heteroatoms. The smallest absolute Gasteiger partial charge is 0.338 e. The number of rotatable bonds is 15. The van der Waals surface area contributed by atoms with E-state index in [4.69, 9.17) is 9.47 Å². The molecule has 0 amide bonds. The van der Waals surface area contributed by atoms with Gasteiger partial charge in [0.25, 0.3) is 0 Å². The maximum absolute atomic E-state index is 12.2. The minimum atomic E-state index is -0.395. The lowest BCUT2D eigenvalue weighted by molar-refractivity contribution is 0.0447. The zero-order chi connectivity index (χ0) is 20.6. The van der Waals surface area contributed by atoms with E-state index in [9.17, 15) is 9.59 Å². The zero-order valence-corrected chi connectivity index (χ0v) is 18.0. The van der Waals surface area contributed by atoms with Crippen LogP contribution in [0.2, 0.25) is 0 Å². The fourth-order valence-corrected chi connectivity index (χ4v) is 2.85. The van der Waals surface area contributed by atoms with Gasteiger partial charge in [-0.3, -0.25) is 0 Å². The molecule has 0 aromatic heterocycles. The van der Waals surface area contributed by atoms with Crippen molar-refractivity contribution in [3.05, 3.63) is 35.4 Å². The fraction of sp³-hybridized carbons (Fsp3) is 0.667. The SMILES string of the molecule is CCCCCCCCCCCOC(=O)c1cccc(C(=O)OCC(C)CC)c1. The van der Waals surface area contributed by atoms with Gasteiger partial charge in [-0.1, -0.05) is 84.6 Å². The van der Waals surface area contributed by atoms with Gasteiger partial charge in [-0.25, -0.2) is 9.59 Å². The number of hydrogen-bond donors (Lipinski definition) is 0. The van der Waals surface area contributed by atoms with Crippen LogP contribution in [0, 0.1) is 5.92 Å². The molecule has 1 rings (SSSR count). The van der Waals surface area contributed by atoms with Crippen LogP contribution in [0.5, 0.6) is 0 Å². The molecule has 0 spiro atoms. The van der Waals surface area contributed by atoms with Crippen LogP contribution in [0.25, 0.3) is 0 Å². The quantitative estimate of drug-likeness (QED) is 0.251. The van der Waals surface area contributed by atoms with Crippen molar-refractivity contribution in [2.75, 3.05) is 13.2 Å². The third-order valence-corrected chi connectivity index (χ3v) is 5.01. The van der Waals surface area contributed by atoms with E-state index in [2.05, 4.69) is 13.8 Å². The average Bonchev–Trinajstić information content (AvgIpc) is 2.72. The molecule has 0 saturated carbocycles. The summed E-state index contributed by atoms with van der Waals surface area (Å²) in [4.78, 5) is 24.3. The molecule has 1 aromatic rings. The first-order chi connectivity index (χ1) is 13.6. The van der Waals surface area contributed by atoms with Gasteiger partial charge < -0.3 is 9.47 Å². The van der Waals surface area contributed by atoms with Crippen molar-refractivity contribution in [3.63, 3.8) is 0 Å². The lowest BCUT2D eigenvalue weighted by Gasteiger charge is -2.10. The molecule has 0 N–H and O–H groups in total. The Kier molecular flexibility index (Phi) is 13.1. The largest absolute Gasteiger partial charge is 0.462 e. The summed E-state index contributed by atoms with van der Waals surface area (Å²) in [6.07, 6.45) is 12.0. The van der Waals surface area contributed by atoms with Crippen molar-refractivity contribution in [2.45, 2.75) is 85.0 Å². The second kappa shape index (κ2) is 15.1. The monoisotopic (exact) mass is 390 g/mol. The molecule has 158 valence electrons. The molecule has 1 atom stereocenters. The summed E-state index contributed by atoms with van der Waals surface area (Å²) < 4.78 is 10.6. The molecule has 0 saturated heterocycles. The van der Waals surface area contributed by atoms with Crippen LogP contribution < -0.4 is 0 Å². The van der Waals surface area contributed by atoms with Crippen LogP contribution >= 0.6 is 0 Å². The number of carbonyl (C=O) groups is 2. The summed E-state index contributed by atoms with van der Waals surface area (Å²) in [6, 6.07) is 6.58. The minimum absolute atomic E-state index is 0.327. The van der Waals surface area contributed by atoms with Gasteiger partial charge in [-0.15, -0.1) is 0 Å². The molecule has 0 fully saturated rings. The van der Waals surface area contributed by atoms with Gasteiger partial charge >= 0.3 is 11.9 Å². The molecule has 0 aliphatic rings. The average molecular weight is 391 g/mol. The van der Waals surface area contributed by atoms with Crippen molar-refractivity contribution in [1.29, 1.82) is 0 Å². The standard InChI is InChI=1S/C24H38O4/c1-4-6-7-8-9-10-11-12-13-17-27-23(25)21-15-14-16-22(18-21)24(26)28-19-20(3)5-2/h14-16,18,20H,4-13,17,19H2,1-3H3. The zero-order valence-electron chi connectivity index (χ0n) is 18.0. The van der Waals surface area contributed by atoms with E-state index < -0.39 is 5.97 Å². The fourth-order valence-electron chi connectivity index (χ4n) is 2.85. The third-order valence-electron chi connectivity index (χ3n) is 5.01. The summed E-state index contributed by atoms with van der Waals surface area (Å²) in [5.74, 6) is -0.446. The molecule has 1 unspecified atom stereocenters. The summed E-state index contributed by atoms with van der Waals surface area (Å²) in [5.41, 5.74) is 0.787. The Morgan fingerprint density at radius 2 is 1.36 bits per heavy atom. The lowest BCUT2D eigenvalue weighted by Crippen LogP contribution is -2.13. The molecule has 0 aliphatic heterocycles. The van der Waals surface area contributed by atoms with E-state index in [1.807, 2.05) is 6.92 Å². The summed E-state index contributed by atoms with van der Waals surface area (Å²) in [6.45, 7) is 7.15. The van der Waals surface area contributed by atoms with E-state index in [0.29, 0.717) is 30.3 Å². The third kappa shape index (κ3) is 10.5. The Labute approximate surface area is 171 Å². The van der Waals surface area contributed by atoms with Crippen molar-refractivity contribution in [3.8, 4) is 0 Å². The molecule has 28 heavy (non-hydrogen) atoms. The summed E-state index contributed by atoms with van der Waals surface area (Å²) in [7, 11) is 0. The van der Waals surface area contributed by atoms with Gasteiger partial charge in [0.05, 0.1) is 24.3 Å². The van der Waals surface area contributed by atoms with Crippen molar-refractivity contribution in [2.24, 2.45) is 5.92 Å². The van der Waals surface area contributed by atoms with Crippen molar-refractivity contribution >= 4 is 11.9 Å². The maximum atomic E-state index is 12.2. The highest BCUT2D eigenvalue weighted by atomic mass is 16.5. The predicted octanol–water partition coefficient (Wildman–Crippen LogP) is 6.58. The van der Waals surface area contributed by atoms with E-state index in [0.717, 1.165) is 19.3 Å². The van der Waals surface area contributed by atoms with Crippen LogP contribution in [0.3, 0.4) is 0 Å². The molecule has 0 bridgehead atoms. The predicted molar refractivity (Wildman–Crippen MR) is 114 cm³/mol. The minimum Gasteiger partial charge on any atom is -0.462 e. The van der Waals surface area contributed by atoms with Gasteiger partial charge in [0.15, 0.2) is 0 Å². The van der Waals surface area contributed by atoms with Crippen LogP contribution in [0.4, 0.5) is 0 Å².